The highest BCUT2D eigenvalue weighted by Gasteiger charge is 2.20. The Labute approximate surface area is 115 Å². The van der Waals surface area contributed by atoms with Crippen molar-refractivity contribution < 1.29 is 4.79 Å². The molecule has 1 heterocycles. The largest absolute Gasteiger partial charge is 0.384 e. The number of fused-ring (bicyclic) bond motifs is 1. The van der Waals surface area contributed by atoms with E-state index in [1.54, 1.807) is 0 Å². The lowest BCUT2D eigenvalue weighted by atomic mass is 9.90. The van der Waals surface area contributed by atoms with Crippen molar-refractivity contribution in [2.45, 2.75) is 40.0 Å². The average Bonchev–Trinajstić information content (AvgIpc) is 2.44. The van der Waals surface area contributed by atoms with Gasteiger partial charge >= 0.3 is 0 Å². The topological polar surface area (TPSA) is 41.1 Å². The molecule has 0 radical (unpaired) electrons. The van der Waals surface area contributed by atoms with E-state index in [4.69, 9.17) is 0 Å². The van der Waals surface area contributed by atoms with Crippen LogP contribution in [0.1, 0.15) is 49.5 Å². The Morgan fingerprint density at radius 2 is 2.21 bits per heavy atom. The maximum absolute atomic E-state index is 12.3. The molecule has 2 N–H and O–H groups in total. The van der Waals surface area contributed by atoms with Crippen LogP contribution in [0.3, 0.4) is 0 Å². The second-order valence-corrected chi connectivity index (χ2v) is 6.07. The van der Waals surface area contributed by atoms with Crippen molar-refractivity contribution in [2.24, 2.45) is 5.41 Å². The first kappa shape index (κ1) is 13.9. The molecule has 0 aromatic heterocycles. The smallest absolute Gasteiger partial charge is 0.253 e. The molecule has 1 aliphatic rings. The van der Waals surface area contributed by atoms with Crippen molar-refractivity contribution >= 4 is 11.6 Å². The quantitative estimate of drug-likeness (QED) is 0.872. The fraction of sp³-hybridized carbons (Fsp3) is 0.562. The van der Waals surface area contributed by atoms with E-state index in [1.807, 2.05) is 12.1 Å². The number of hydrogen-bond acceptors (Lipinski definition) is 2. The van der Waals surface area contributed by atoms with Gasteiger partial charge in [-0.25, -0.2) is 0 Å². The molecule has 1 aromatic rings. The van der Waals surface area contributed by atoms with E-state index in [1.165, 1.54) is 5.56 Å². The van der Waals surface area contributed by atoms with Gasteiger partial charge in [-0.3, -0.25) is 4.79 Å². The van der Waals surface area contributed by atoms with E-state index in [2.05, 4.69) is 37.5 Å². The van der Waals surface area contributed by atoms with Gasteiger partial charge in [-0.1, -0.05) is 32.9 Å². The normalized spacial score (nSPS) is 14.5. The lowest BCUT2D eigenvalue weighted by molar-refractivity contribution is 0.0936. The minimum Gasteiger partial charge on any atom is -0.384 e. The molecule has 0 bridgehead atoms. The van der Waals surface area contributed by atoms with Crippen LogP contribution in [0.15, 0.2) is 18.2 Å². The molecule has 1 amide bonds. The summed E-state index contributed by atoms with van der Waals surface area (Å²) in [6.07, 6.45) is 3.25. The molecule has 3 heteroatoms. The molecule has 1 aliphatic heterocycles. The Bertz CT molecular complexity index is 466. The number of carbonyl (C=O) groups excluding carboxylic acids is 1. The zero-order chi connectivity index (χ0) is 13.9. The van der Waals surface area contributed by atoms with Crippen LogP contribution >= 0.6 is 0 Å². The van der Waals surface area contributed by atoms with Crippen molar-refractivity contribution in [3.63, 3.8) is 0 Å². The first-order valence-electron chi connectivity index (χ1n) is 7.17. The second kappa shape index (κ2) is 5.64. The summed E-state index contributed by atoms with van der Waals surface area (Å²) < 4.78 is 0. The Kier molecular flexibility index (Phi) is 4.13. The van der Waals surface area contributed by atoms with E-state index in [9.17, 15) is 4.79 Å². The summed E-state index contributed by atoms with van der Waals surface area (Å²) in [4.78, 5) is 12.3. The summed E-state index contributed by atoms with van der Waals surface area (Å²) in [5.74, 6) is 0.0350. The Hall–Kier alpha value is -1.51. The third-order valence-electron chi connectivity index (χ3n) is 4.00. The molecule has 1 aromatic carbocycles. The van der Waals surface area contributed by atoms with Crippen molar-refractivity contribution in [1.29, 1.82) is 0 Å². The third kappa shape index (κ3) is 3.28. The monoisotopic (exact) mass is 260 g/mol. The fourth-order valence-electron chi connectivity index (χ4n) is 2.24. The highest BCUT2D eigenvalue weighted by molar-refractivity contribution is 6.00. The van der Waals surface area contributed by atoms with Crippen LogP contribution in [0.4, 0.5) is 5.69 Å². The van der Waals surface area contributed by atoms with Gasteiger partial charge in [0, 0.05) is 13.1 Å². The summed E-state index contributed by atoms with van der Waals surface area (Å²) in [5.41, 5.74) is 3.22. The zero-order valence-electron chi connectivity index (χ0n) is 12.2. The maximum atomic E-state index is 12.3. The highest BCUT2D eigenvalue weighted by Crippen LogP contribution is 2.26. The van der Waals surface area contributed by atoms with Crippen LogP contribution in [-0.4, -0.2) is 19.0 Å². The minimum absolute atomic E-state index is 0.0350. The predicted octanol–water partition coefficient (Wildman–Crippen LogP) is 3.21. The first-order chi connectivity index (χ1) is 9.03. The van der Waals surface area contributed by atoms with Crippen LogP contribution in [0.2, 0.25) is 0 Å². The second-order valence-electron chi connectivity index (χ2n) is 6.07. The third-order valence-corrected chi connectivity index (χ3v) is 4.00. The number of nitrogens with one attached hydrogen (secondary N) is 2. The number of hydrogen-bond donors (Lipinski definition) is 2. The van der Waals surface area contributed by atoms with Crippen molar-refractivity contribution in [1.82, 2.24) is 5.32 Å². The number of carbonyl (C=O) groups is 1. The molecule has 0 spiro atoms. The SMILES string of the molecule is CCC(C)(C)CNC(=O)c1cccc2c1NCCC2. The van der Waals surface area contributed by atoms with Gasteiger partial charge in [0.05, 0.1) is 11.3 Å². The van der Waals surface area contributed by atoms with E-state index in [0.717, 1.165) is 37.1 Å². The Balaban J connectivity index is 2.11. The molecule has 3 nitrogen and oxygen atoms in total. The number of rotatable bonds is 4. The van der Waals surface area contributed by atoms with Crippen LogP contribution < -0.4 is 10.6 Å². The molecule has 0 unspecified atom stereocenters. The summed E-state index contributed by atoms with van der Waals surface area (Å²) in [7, 11) is 0. The molecule has 104 valence electrons. The van der Waals surface area contributed by atoms with Gasteiger partial charge in [0.25, 0.3) is 5.91 Å². The average molecular weight is 260 g/mol. The van der Waals surface area contributed by atoms with Gasteiger partial charge in [0.2, 0.25) is 0 Å². The molecule has 0 fully saturated rings. The number of anilines is 1. The number of amides is 1. The van der Waals surface area contributed by atoms with Crippen LogP contribution in [-0.2, 0) is 6.42 Å². The lowest BCUT2D eigenvalue weighted by Crippen LogP contribution is -2.34. The molecular weight excluding hydrogens is 236 g/mol. The molecule has 0 aliphatic carbocycles. The first-order valence-corrected chi connectivity index (χ1v) is 7.17. The van der Waals surface area contributed by atoms with Gasteiger partial charge in [0.15, 0.2) is 0 Å². The van der Waals surface area contributed by atoms with Crippen molar-refractivity contribution in [3.05, 3.63) is 29.3 Å². The van der Waals surface area contributed by atoms with Crippen molar-refractivity contribution in [2.75, 3.05) is 18.4 Å². The summed E-state index contributed by atoms with van der Waals surface area (Å²) >= 11 is 0. The van der Waals surface area contributed by atoms with E-state index in [-0.39, 0.29) is 11.3 Å². The van der Waals surface area contributed by atoms with Gasteiger partial charge in [-0.2, -0.15) is 0 Å². The number of para-hydroxylation sites is 1. The van der Waals surface area contributed by atoms with Gasteiger partial charge in [-0.15, -0.1) is 0 Å². The van der Waals surface area contributed by atoms with Crippen LogP contribution in [0.5, 0.6) is 0 Å². The van der Waals surface area contributed by atoms with Gasteiger partial charge in [-0.05, 0) is 36.3 Å². The van der Waals surface area contributed by atoms with E-state index in [0.29, 0.717) is 6.54 Å². The predicted molar refractivity (Wildman–Crippen MR) is 79.7 cm³/mol. The van der Waals surface area contributed by atoms with E-state index < -0.39 is 0 Å². The number of benzene rings is 1. The summed E-state index contributed by atoms with van der Waals surface area (Å²) in [5, 5.41) is 6.42. The van der Waals surface area contributed by atoms with Crippen molar-refractivity contribution in [3.8, 4) is 0 Å². The number of aryl methyl sites for hydroxylation is 1. The minimum atomic E-state index is 0.0350. The molecular formula is C16H24N2O. The summed E-state index contributed by atoms with van der Waals surface area (Å²) in [6.45, 7) is 8.17. The van der Waals surface area contributed by atoms with Gasteiger partial charge < -0.3 is 10.6 Å². The molecule has 2 rings (SSSR count). The lowest BCUT2D eigenvalue weighted by Gasteiger charge is -2.24. The highest BCUT2D eigenvalue weighted by atomic mass is 16.1. The summed E-state index contributed by atoms with van der Waals surface area (Å²) in [6, 6.07) is 5.99. The molecule has 0 atom stereocenters. The van der Waals surface area contributed by atoms with Crippen LogP contribution in [0.25, 0.3) is 0 Å². The molecule has 0 saturated carbocycles. The maximum Gasteiger partial charge on any atom is 0.253 e. The molecule has 19 heavy (non-hydrogen) atoms. The van der Waals surface area contributed by atoms with Gasteiger partial charge in [0.1, 0.15) is 0 Å². The zero-order valence-corrected chi connectivity index (χ0v) is 12.2. The fourth-order valence-corrected chi connectivity index (χ4v) is 2.24. The standard InChI is InChI=1S/C16H24N2O/c1-4-16(2,3)11-18-15(19)13-9-5-7-12-8-6-10-17-14(12)13/h5,7,9,17H,4,6,8,10-11H2,1-3H3,(H,18,19). The van der Waals surface area contributed by atoms with Crippen LogP contribution in [0, 0.1) is 5.41 Å². The Morgan fingerprint density at radius 1 is 1.42 bits per heavy atom. The Morgan fingerprint density at radius 3 is 2.95 bits per heavy atom. The molecule has 0 saturated heterocycles. The van der Waals surface area contributed by atoms with E-state index >= 15 is 0 Å².